The maximum atomic E-state index is 12.4. The predicted molar refractivity (Wildman–Crippen MR) is 143 cm³/mol. The normalized spacial score (nSPS) is 15.4. The number of hydrogen-bond acceptors (Lipinski definition) is 6. The van der Waals surface area contributed by atoms with Gasteiger partial charge >= 0.3 is 0 Å². The number of aliphatic imine (C=N–C) groups is 1. The molecule has 1 amide bonds. The third-order valence-electron chi connectivity index (χ3n) is 5.72. The Kier molecular flexibility index (Phi) is 6.51. The zero-order chi connectivity index (χ0) is 25.1. The van der Waals surface area contributed by atoms with Gasteiger partial charge < -0.3 is 10.1 Å². The van der Waals surface area contributed by atoms with Gasteiger partial charge in [-0.1, -0.05) is 54.6 Å². The van der Waals surface area contributed by atoms with E-state index in [-0.39, 0.29) is 11.6 Å². The molecule has 1 aliphatic rings. The van der Waals surface area contributed by atoms with Crippen LogP contribution in [-0.4, -0.2) is 16.0 Å². The Morgan fingerprint density at radius 3 is 2.58 bits per heavy atom. The van der Waals surface area contributed by atoms with Crippen molar-refractivity contribution in [1.82, 2.24) is 5.32 Å². The molecule has 0 saturated carbocycles. The summed E-state index contributed by atoms with van der Waals surface area (Å²) in [5.74, 6) is 0.499. The maximum absolute atomic E-state index is 12.4. The highest BCUT2D eigenvalue weighted by Crippen LogP contribution is 2.31. The van der Waals surface area contributed by atoms with Gasteiger partial charge in [-0.15, -0.1) is 0 Å². The minimum absolute atomic E-state index is 0.00434. The Labute approximate surface area is 211 Å². The van der Waals surface area contributed by atoms with Gasteiger partial charge in [-0.2, -0.15) is 0 Å². The van der Waals surface area contributed by atoms with E-state index in [1.54, 1.807) is 19.1 Å². The number of nitrogens with zero attached hydrogens (tertiary/aromatic N) is 2. The van der Waals surface area contributed by atoms with Gasteiger partial charge in [-0.3, -0.25) is 14.9 Å². The molecule has 1 heterocycles. The molecule has 0 atom stereocenters. The highest BCUT2D eigenvalue weighted by atomic mass is 32.2. The van der Waals surface area contributed by atoms with Crippen LogP contribution in [0.2, 0.25) is 0 Å². The molecule has 0 radical (unpaired) electrons. The average Bonchev–Trinajstić information content (AvgIpc) is 3.23. The number of carbonyl (C=O) groups is 1. The van der Waals surface area contributed by atoms with Gasteiger partial charge in [0.1, 0.15) is 12.4 Å². The lowest BCUT2D eigenvalue weighted by Gasteiger charge is -2.09. The van der Waals surface area contributed by atoms with Gasteiger partial charge in [-0.05, 0) is 70.4 Å². The second-order valence-electron chi connectivity index (χ2n) is 8.21. The number of nitro groups is 1. The number of carbonyl (C=O) groups excluding carboxylic acids is 1. The lowest BCUT2D eigenvalue weighted by molar-refractivity contribution is -0.384. The van der Waals surface area contributed by atoms with Crippen LogP contribution in [0.4, 0.5) is 11.4 Å². The van der Waals surface area contributed by atoms with Crippen LogP contribution in [0.3, 0.4) is 0 Å². The fraction of sp³-hybridized carbons (Fsp3) is 0.0714. The second-order valence-corrected chi connectivity index (χ2v) is 9.24. The topological polar surface area (TPSA) is 93.8 Å². The number of thioether (sulfide) groups is 1. The van der Waals surface area contributed by atoms with Crippen LogP contribution < -0.4 is 10.1 Å². The van der Waals surface area contributed by atoms with E-state index in [0.717, 1.165) is 16.9 Å². The van der Waals surface area contributed by atoms with Crippen molar-refractivity contribution < 1.29 is 14.5 Å². The van der Waals surface area contributed by atoms with Gasteiger partial charge in [0, 0.05) is 12.1 Å². The van der Waals surface area contributed by atoms with Crippen LogP contribution >= 0.6 is 11.8 Å². The third-order valence-corrected chi connectivity index (χ3v) is 6.63. The Morgan fingerprint density at radius 2 is 1.81 bits per heavy atom. The van der Waals surface area contributed by atoms with Crippen LogP contribution in [0.25, 0.3) is 16.8 Å². The summed E-state index contributed by atoms with van der Waals surface area (Å²) in [7, 11) is 0. The van der Waals surface area contributed by atoms with Crippen molar-refractivity contribution in [2.75, 3.05) is 0 Å². The van der Waals surface area contributed by atoms with Crippen molar-refractivity contribution in [3.8, 4) is 5.75 Å². The minimum Gasteiger partial charge on any atom is -0.489 e. The number of nitrogens with one attached hydrogen (secondary N) is 1. The Morgan fingerprint density at radius 1 is 1.03 bits per heavy atom. The second kappa shape index (κ2) is 10.1. The number of amides is 1. The zero-order valence-corrected chi connectivity index (χ0v) is 20.1. The highest BCUT2D eigenvalue weighted by Gasteiger charge is 2.24. The fourth-order valence-electron chi connectivity index (χ4n) is 3.86. The molecule has 4 aromatic rings. The monoisotopic (exact) mass is 495 g/mol. The molecule has 36 heavy (non-hydrogen) atoms. The van der Waals surface area contributed by atoms with E-state index < -0.39 is 4.92 Å². The molecule has 0 unspecified atom stereocenters. The smallest absolute Gasteiger partial charge is 0.269 e. The summed E-state index contributed by atoms with van der Waals surface area (Å²) >= 11 is 1.23. The molecule has 5 rings (SSSR count). The van der Waals surface area contributed by atoms with E-state index in [4.69, 9.17) is 4.74 Å². The molecule has 1 saturated heterocycles. The van der Waals surface area contributed by atoms with Crippen LogP contribution in [0.15, 0.2) is 94.8 Å². The SMILES string of the molecule is Cc1cc([N+](=O)[O-])ccc1N=C1NC(=O)/C(=C\c2ccc(OCc3cccc4ccccc34)cc2)S1. The molecule has 0 aliphatic carbocycles. The number of ether oxygens (including phenoxy) is 1. The number of fused-ring (bicyclic) bond motifs is 1. The Balaban J connectivity index is 1.26. The highest BCUT2D eigenvalue weighted by molar-refractivity contribution is 8.18. The van der Waals surface area contributed by atoms with Crippen molar-refractivity contribution in [2.45, 2.75) is 13.5 Å². The molecular weight excluding hydrogens is 474 g/mol. The lowest BCUT2D eigenvalue weighted by atomic mass is 10.1. The van der Waals surface area contributed by atoms with E-state index in [1.165, 1.54) is 34.7 Å². The molecule has 4 aromatic carbocycles. The first-order valence-electron chi connectivity index (χ1n) is 11.2. The van der Waals surface area contributed by atoms with Gasteiger partial charge in [0.2, 0.25) is 0 Å². The first kappa shape index (κ1) is 23.3. The lowest BCUT2D eigenvalue weighted by Crippen LogP contribution is -2.19. The van der Waals surface area contributed by atoms with Crippen LogP contribution in [-0.2, 0) is 11.4 Å². The molecule has 0 bridgehead atoms. The van der Waals surface area contributed by atoms with Gasteiger partial charge in [0.25, 0.3) is 11.6 Å². The first-order valence-corrected chi connectivity index (χ1v) is 12.0. The third kappa shape index (κ3) is 5.13. The van der Waals surface area contributed by atoms with Crippen molar-refractivity contribution >= 4 is 51.1 Å². The van der Waals surface area contributed by atoms with Crippen LogP contribution in [0.5, 0.6) is 5.75 Å². The Hall–Kier alpha value is -4.43. The molecule has 178 valence electrons. The molecule has 1 fully saturated rings. The van der Waals surface area contributed by atoms with E-state index >= 15 is 0 Å². The predicted octanol–water partition coefficient (Wildman–Crippen LogP) is 6.53. The molecule has 8 heteroatoms. The van der Waals surface area contributed by atoms with Crippen molar-refractivity contribution in [2.24, 2.45) is 4.99 Å². The first-order chi connectivity index (χ1) is 17.5. The summed E-state index contributed by atoms with van der Waals surface area (Å²) < 4.78 is 6.00. The summed E-state index contributed by atoms with van der Waals surface area (Å²) in [5.41, 5.74) is 3.21. The number of hydrogen-bond donors (Lipinski definition) is 1. The number of aryl methyl sites for hydroxylation is 1. The maximum Gasteiger partial charge on any atom is 0.269 e. The number of non-ortho nitro benzene ring substituents is 1. The number of benzene rings is 4. The number of amidine groups is 1. The number of rotatable bonds is 6. The standard InChI is InChI=1S/C28H21N3O4S/c1-18-15-22(31(33)34)11-14-25(18)29-28-30-27(32)26(36-28)16-19-9-12-23(13-10-19)35-17-21-7-4-6-20-5-2-3-8-24(20)21/h2-16H,17H2,1H3,(H,29,30,32)/b26-16+. The number of nitro benzene ring substituents is 1. The molecular formula is C28H21N3O4S. The van der Waals surface area contributed by atoms with Gasteiger partial charge in [0.15, 0.2) is 5.17 Å². The summed E-state index contributed by atoms with van der Waals surface area (Å²) in [6.07, 6.45) is 1.79. The van der Waals surface area contributed by atoms with Crippen LogP contribution in [0, 0.1) is 17.0 Å². The summed E-state index contributed by atoms with van der Waals surface area (Å²) in [4.78, 5) is 27.9. The van der Waals surface area contributed by atoms with Gasteiger partial charge in [0.05, 0.1) is 15.5 Å². The minimum atomic E-state index is -0.448. The van der Waals surface area contributed by atoms with E-state index in [1.807, 2.05) is 42.5 Å². The molecule has 1 aliphatic heterocycles. The van der Waals surface area contributed by atoms with E-state index in [9.17, 15) is 14.9 Å². The van der Waals surface area contributed by atoms with E-state index in [2.05, 4.69) is 34.6 Å². The van der Waals surface area contributed by atoms with Gasteiger partial charge in [-0.25, -0.2) is 4.99 Å². The van der Waals surface area contributed by atoms with Crippen molar-refractivity contribution in [1.29, 1.82) is 0 Å². The molecule has 0 spiro atoms. The van der Waals surface area contributed by atoms with Crippen molar-refractivity contribution in [3.05, 3.63) is 117 Å². The molecule has 1 N–H and O–H groups in total. The molecule has 0 aromatic heterocycles. The summed E-state index contributed by atoms with van der Waals surface area (Å²) in [6.45, 7) is 2.20. The van der Waals surface area contributed by atoms with Crippen molar-refractivity contribution in [3.63, 3.8) is 0 Å². The zero-order valence-electron chi connectivity index (χ0n) is 19.3. The fourth-order valence-corrected chi connectivity index (χ4v) is 4.69. The largest absolute Gasteiger partial charge is 0.489 e. The van der Waals surface area contributed by atoms with E-state index in [0.29, 0.717) is 27.9 Å². The summed E-state index contributed by atoms with van der Waals surface area (Å²) in [5, 5.41) is 16.5. The average molecular weight is 496 g/mol. The quantitative estimate of drug-likeness (QED) is 0.187. The Bertz CT molecular complexity index is 1540. The van der Waals surface area contributed by atoms with Crippen LogP contribution in [0.1, 0.15) is 16.7 Å². The summed E-state index contributed by atoms with van der Waals surface area (Å²) in [6, 6.07) is 26.4. The molecule has 7 nitrogen and oxygen atoms in total.